The van der Waals surface area contributed by atoms with Crippen LogP contribution in [0, 0.1) is 5.92 Å². The number of ether oxygens (including phenoxy) is 2. The normalized spacial score (nSPS) is 24.8. The smallest absolute Gasteiger partial charge is 0.411 e. The Balaban J connectivity index is 2.05. The van der Waals surface area contributed by atoms with E-state index in [4.69, 9.17) is 9.47 Å². The molecule has 1 aliphatic carbocycles. The molecule has 1 heterocycles. The molecule has 2 amide bonds. The van der Waals surface area contributed by atoms with E-state index in [1.807, 2.05) is 0 Å². The van der Waals surface area contributed by atoms with Crippen LogP contribution in [-0.4, -0.2) is 54.2 Å². The summed E-state index contributed by atoms with van der Waals surface area (Å²) in [6.45, 7) is 5.44. The van der Waals surface area contributed by atoms with Gasteiger partial charge in [-0.1, -0.05) is 0 Å². The molecule has 2 aliphatic rings. The number of carbonyl (C=O) groups is 3. The molecular formula is C15H24N2O5. The van der Waals surface area contributed by atoms with Crippen LogP contribution in [0.15, 0.2) is 0 Å². The lowest BCUT2D eigenvalue weighted by Gasteiger charge is -2.27. The number of hydrogen-bond donors (Lipinski definition) is 1. The number of amides is 2. The lowest BCUT2D eigenvalue weighted by atomic mass is 10.0. The second-order valence-corrected chi connectivity index (χ2v) is 6.89. The van der Waals surface area contributed by atoms with E-state index < -0.39 is 29.6 Å². The Kier molecular flexibility index (Phi) is 4.63. The average molecular weight is 312 g/mol. The van der Waals surface area contributed by atoms with Gasteiger partial charge in [0.25, 0.3) is 0 Å². The number of rotatable bonds is 3. The van der Waals surface area contributed by atoms with Gasteiger partial charge in [0.2, 0.25) is 5.91 Å². The monoisotopic (exact) mass is 312 g/mol. The topological polar surface area (TPSA) is 84.9 Å². The molecule has 0 aromatic heterocycles. The van der Waals surface area contributed by atoms with Crippen LogP contribution in [0.3, 0.4) is 0 Å². The maximum Gasteiger partial charge on any atom is 0.411 e. The first-order valence-electron chi connectivity index (χ1n) is 7.59. The molecule has 2 atom stereocenters. The molecule has 0 aromatic carbocycles. The summed E-state index contributed by atoms with van der Waals surface area (Å²) >= 11 is 0. The van der Waals surface area contributed by atoms with Crippen LogP contribution in [0.2, 0.25) is 0 Å². The highest BCUT2D eigenvalue weighted by Crippen LogP contribution is 2.28. The van der Waals surface area contributed by atoms with Crippen LogP contribution < -0.4 is 5.32 Å². The molecule has 7 nitrogen and oxygen atoms in total. The highest BCUT2D eigenvalue weighted by Gasteiger charge is 2.45. The molecule has 0 spiro atoms. The molecule has 0 aromatic rings. The molecule has 2 rings (SSSR count). The van der Waals surface area contributed by atoms with Gasteiger partial charge in [0.15, 0.2) is 0 Å². The van der Waals surface area contributed by atoms with Crippen molar-refractivity contribution in [3.05, 3.63) is 0 Å². The first-order valence-corrected chi connectivity index (χ1v) is 7.59. The van der Waals surface area contributed by atoms with Gasteiger partial charge in [0.05, 0.1) is 13.0 Å². The van der Waals surface area contributed by atoms with Crippen molar-refractivity contribution in [2.45, 2.75) is 57.7 Å². The standard InChI is InChI=1S/C15H24N2O5/c1-15(2,3)22-14(20)17-8-9(7-11(17)13(19)21-4)12(18)16-10-5-6-10/h9-11H,5-8H2,1-4H3,(H,16,18)/t9?,11-/m0/s1. The molecule has 7 heteroatoms. The fourth-order valence-electron chi connectivity index (χ4n) is 2.45. The summed E-state index contributed by atoms with van der Waals surface area (Å²) in [5.74, 6) is -1.03. The zero-order valence-electron chi connectivity index (χ0n) is 13.5. The summed E-state index contributed by atoms with van der Waals surface area (Å²) in [5, 5.41) is 2.91. The van der Waals surface area contributed by atoms with Gasteiger partial charge in [-0.15, -0.1) is 0 Å². The van der Waals surface area contributed by atoms with Gasteiger partial charge in [-0.05, 0) is 40.0 Å². The maximum atomic E-state index is 12.3. The van der Waals surface area contributed by atoms with Gasteiger partial charge < -0.3 is 14.8 Å². The molecule has 0 radical (unpaired) electrons. The molecule has 0 bridgehead atoms. The van der Waals surface area contributed by atoms with Crippen molar-refractivity contribution in [2.75, 3.05) is 13.7 Å². The van der Waals surface area contributed by atoms with E-state index in [0.717, 1.165) is 12.8 Å². The molecule has 1 aliphatic heterocycles. The Hall–Kier alpha value is -1.79. The van der Waals surface area contributed by atoms with Crippen molar-refractivity contribution in [1.82, 2.24) is 10.2 Å². The van der Waals surface area contributed by atoms with Gasteiger partial charge in [-0.3, -0.25) is 9.69 Å². The Bertz CT molecular complexity index is 467. The van der Waals surface area contributed by atoms with Gasteiger partial charge in [0, 0.05) is 12.6 Å². The molecule has 22 heavy (non-hydrogen) atoms. The zero-order chi connectivity index (χ0) is 16.5. The van der Waals surface area contributed by atoms with Gasteiger partial charge >= 0.3 is 12.1 Å². The number of esters is 1. The quantitative estimate of drug-likeness (QED) is 0.788. The highest BCUT2D eigenvalue weighted by molar-refractivity contribution is 5.86. The van der Waals surface area contributed by atoms with Crippen molar-refractivity contribution in [1.29, 1.82) is 0 Å². The number of methoxy groups -OCH3 is 1. The molecule has 124 valence electrons. The summed E-state index contributed by atoms with van der Waals surface area (Å²) in [6.07, 6.45) is 1.66. The highest BCUT2D eigenvalue weighted by atomic mass is 16.6. The Labute approximate surface area is 130 Å². The number of nitrogens with one attached hydrogen (secondary N) is 1. The predicted molar refractivity (Wildman–Crippen MR) is 78.0 cm³/mol. The SMILES string of the molecule is COC(=O)[C@@H]1CC(C(=O)NC2CC2)CN1C(=O)OC(C)(C)C. The van der Waals surface area contributed by atoms with Gasteiger partial charge in [0.1, 0.15) is 11.6 Å². The van der Waals surface area contributed by atoms with E-state index in [1.165, 1.54) is 12.0 Å². The van der Waals surface area contributed by atoms with Crippen molar-refractivity contribution in [3.63, 3.8) is 0 Å². The van der Waals surface area contributed by atoms with E-state index in [9.17, 15) is 14.4 Å². The number of likely N-dealkylation sites (tertiary alicyclic amines) is 1. The van der Waals surface area contributed by atoms with Crippen molar-refractivity contribution in [2.24, 2.45) is 5.92 Å². The van der Waals surface area contributed by atoms with Gasteiger partial charge in [-0.2, -0.15) is 0 Å². The number of carbonyl (C=O) groups excluding carboxylic acids is 3. The van der Waals surface area contributed by atoms with Crippen LogP contribution in [-0.2, 0) is 19.1 Å². The molecular weight excluding hydrogens is 288 g/mol. The van der Waals surface area contributed by atoms with Crippen LogP contribution in [0.1, 0.15) is 40.0 Å². The van der Waals surface area contributed by atoms with Crippen LogP contribution >= 0.6 is 0 Å². The fourth-order valence-corrected chi connectivity index (χ4v) is 2.45. The second kappa shape index (κ2) is 6.14. The molecule has 1 saturated carbocycles. The Morgan fingerprint density at radius 1 is 1.18 bits per heavy atom. The van der Waals surface area contributed by atoms with E-state index >= 15 is 0 Å². The third-order valence-corrected chi connectivity index (χ3v) is 3.70. The second-order valence-electron chi connectivity index (χ2n) is 6.89. The lowest BCUT2D eigenvalue weighted by molar-refractivity contribution is -0.145. The lowest BCUT2D eigenvalue weighted by Crippen LogP contribution is -2.44. The molecule has 1 unspecified atom stereocenters. The van der Waals surface area contributed by atoms with Crippen LogP contribution in [0.25, 0.3) is 0 Å². The predicted octanol–water partition coefficient (Wildman–Crippen LogP) is 1.06. The van der Waals surface area contributed by atoms with Gasteiger partial charge in [-0.25, -0.2) is 9.59 Å². The first-order chi connectivity index (χ1) is 10.2. The maximum absolute atomic E-state index is 12.3. The van der Waals surface area contributed by atoms with Crippen LogP contribution in [0.4, 0.5) is 4.79 Å². The first kappa shape index (κ1) is 16.6. The molecule has 1 saturated heterocycles. The molecule has 1 N–H and O–H groups in total. The molecule has 2 fully saturated rings. The largest absolute Gasteiger partial charge is 0.467 e. The van der Waals surface area contributed by atoms with E-state index in [1.54, 1.807) is 20.8 Å². The zero-order valence-corrected chi connectivity index (χ0v) is 13.5. The third kappa shape index (κ3) is 4.11. The summed E-state index contributed by atoms with van der Waals surface area (Å²) in [5.41, 5.74) is -0.661. The minimum absolute atomic E-state index is 0.109. The number of nitrogens with zero attached hydrogens (tertiary/aromatic N) is 1. The van der Waals surface area contributed by atoms with E-state index in [0.29, 0.717) is 0 Å². The van der Waals surface area contributed by atoms with Crippen LogP contribution in [0.5, 0.6) is 0 Å². The summed E-state index contributed by atoms with van der Waals surface area (Å²) in [7, 11) is 1.27. The Morgan fingerprint density at radius 2 is 1.82 bits per heavy atom. The fraction of sp³-hybridized carbons (Fsp3) is 0.800. The summed E-state index contributed by atoms with van der Waals surface area (Å²) < 4.78 is 10.1. The van der Waals surface area contributed by atoms with E-state index in [-0.39, 0.29) is 24.9 Å². The summed E-state index contributed by atoms with van der Waals surface area (Å²) in [6, 6.07) is -0.519. The van der Waals surface area contributed by atoms with Crippen molar-refractivity contribution >= 4 is 18.0 Å². The summed E-state index contributed by atoms with van der Waals surface area (Å²) in [4.78, 5) is 37.6. The minimum Gasteiger partial charge on any atom is -0.467 e. The third-order valence-electron chi connectivity index (χ3n) is 3.70. The van der Waals surface area contributed by atoms with Crippen molar-refractivity contribution in [3.8, 4) is 0 Å². The Morgan fingerprint density at radius 3 is 2.32 bits per heavy atom. The minimum atomic E-state index is -0.769. The number of hydrogen-bond acceptors (Lipinski definition) is 5. The van der Waals surface area contributed by atoms with E-state index in [2.05, 4.69) is 5.32 Å². The average Bonchev–Trinajstić information content (AvgIpc) is 3.10. The van der Waals surface area contributed by atoms with Crippen molar-refractivity contribution < 1.29 is 23.9 Å².